The zero-order valence-electron chi connectivity index (χ0n) is 12.9. The highest BCUT2D eigenvalue weighted by Crippen LogP contribution is 2.27. The number of hydrogen-bond acceptors (Lipinski definition) is 6. The summed E-state index contributed by atoms with van der Waals surface area (Å²) in [6.07, 6.45) is 3.26. The zero-order chi connectivity index (χ0) is 16.6. The number of aromatic nitrogens is 2. The second-order valence-corrected chi connectivity index (χ2v) is 7.66. The number of halogens is 1. The summed E-state index contributed by atoms with van der Waals surface area (Å²) >= 11 is 6.03. The minimum Gasteiger partial charge on any atom is -0.377 e. The number of ether oxygens (including phenoxy) is 1. The van der Waals surface area contributed by atoms with Crippen molar-refractivity contribution >= 4 is 33.4 Å². The summed E-state index contributed by atoms with van der Waals surface area (Å²) in [5.41, 5.74) is 0. The molecular weight excluding hydrogens is 342 g/mol. The normalized spacial score (nSPS) is 24.1. The van der Waals surface area contributed by atoms with Crippen molar-refractivity contribution < 1.29 is 13.2 Å². The lowest BCUT2D eigenvalue weighted by molar-refractivity contribution is 0.0985. The van der Waals surface area contributed by atoms with Crippen molar-refractivity contribution in [2.45, 2.75) is 13.0 Å². The molecule has 23 heavy (non-hydrogen) atoms. The molecule has 0 amide bonds. The monoisotopic (exact) mass is 359 g/mol. The van der Waals surface area contributed by atoms with Gasteiger partial charge in [-0.2, -0.15) is 13.4 Å². The van der Waals surface area contributed by atoms with Gasteiger partial charge in [0.15, 0.2) is 5.82 Å². The molecule has 0 aromatic carbocycles. The summed E-state index contributed by atoms with van der Waals surface area (Å²) in [4.78, 5) is 10.4. The maximum atomic E-state index is 12.4. The molecule has 0 radical (unpaired) electrons. The highest BCUT2D eigenvalue weighted by molar-refractivity contribution is 7.90. The van der Waals surface area contributed by atoms with E-state index in [1.54, 1.807) is 12.1 Å². The van der Waals surface area contributed by atoms with Gasteiger partial charge in [0, 0.05) is 25.9 Å². The van der Waals surface area contributed by atoms with Crippen LogP contribution in [0.5, 0.6) is 0 Å². The Morgan fingerprint density at radius 2 is 2.09 bits per heavy atom. The molecule has 0 saturated carbocycles. The first-order valence-electron chi connectivity index (χ1n) is 7.21. The van der Waals surface area contributed by atoms with Crippen LogP contribution in [0.25, 0.3) is 0 Å². The summed E-state index contributed by atoms with van der Waals surface area (Å²) in [6, 6.07) is 1.78. The lowest BCUT2D eigenvalue weighted by atomic mass is 10.2. The van der Waals surface area contributed by atoms with Gasteiger partial charge in [0.2, 0.25) is 5.28 Å². The SMILES string of the molecule is C[C@@H]1COCCN1c1cc(N2CC=CN(C)S2(=O)=O)nc(Cl)n1. The number of nitrogens with zero attached hydrogens (tertiary/aromatic N) is 5. The molecule has 8 nitrogen and oxygen atoms in total. The van der Waals surface area contributed by atoms with Gasteiger partial charge in [-0.25, -0.2) is 9.29 Å². The molecule has 2 aliphatic heterocycles. The van der Waals surface area contributed by atoms with E-state index in [4.69, 9.17) is 16.3 Å². The maximum Gasteiger partial charge on any atom is 0.327 e. The summed E-state index contributed by atoms with van der Waals surface area (Å²) in [6.45, 7) is 4.07. The highest BCUT2D eigenvalue weighted by Gasteiger charge is 2.30. The van der Waals surface area contributed by atoms with Crippen molar-refractivity contribution in [3.05, 3.63) is 23.6 Å². The molecule has 1 aromatic heterocycles. The highest BCUT2D eigenvalue weighted by atomic mass is 35.5. The Kier molecular flexibility index (Phi) is 4.35. The molecule has 1 fully saturated rings. The van der Waals surface area contributed by atoms with Crippen LogP contribution < -0.4 is 9.21 Å². The van der Waals surface area contributed by atoms with Crippen molar-refractivity contribution in [2.24, 2.45) is 0 Å². The van der Waals surface area contributed by atoms with Crippen LogP contribution >= 0.6 is 11.6 Å². The summed E-state index contributed by atoms with van der Waals surface area (Å²) in [5, 5.41) is 0.0172. The van der Waals surface area contributed by atoms with Crippen LogP contribution in [-0.2, 0) is 14.9 Å². The van der Waals surface area contributed by atoms with Gasteiger partial charge >= 0.3 is 10.2 Å². The van der Waals surface area contributed by atoms with Gasteiger partial charge in [-0.05, 0) is 24.6 Å². The molecule has 0 N–H and O–H groups in total. The minimum absolute atomic E-state index is 0.0172. The molecule has 3 rings (SSSR count). The Balaban J connectivity index is 1.99. The fourth-order valence-electron chi connectivity index (χ4n) is 2.57. The number of morpholine rings is 1. The van der Waals surface area contributed by atoms with Crippen molar-refractivity contribution in [3.63, 3.8) is 0 Å². The Morgan fingerprint density at radius 3 is 2.83 bits per heavy atom. The van der Waals surface area contributed by atoms with Gasteiger partial charge in [-0.15, -0.1) is 0 Å². The van der Waals surface area contributed by atoms with E-state index in [-0.39, 0.29) is 23.7 Å². The fourth-order valence-corrected chi connectivity index (χ4v) is 3.89. The minimum atomic E-state index is -3.65. The largest absolute Gasteiger partial charge is 0.377 e. The lowest BCUT2D eigenvalue weighted by Crippen LogP contribution is -2.45. The van der Waals surface area contributed by atoms with Crippen molar-refractivity contribution in [1.29, 1.82) is 0 Å². The van der Waals surface area contributed by atoms with Crippen LogP contribution in [0.15, 0.2) is 18.3 Å². The molecule has 3 heterocycles. The van der Waals surface area contributed by atoms with Crippen LogP contribution in [0.2, 0.25) is 5.28 Å². The molecule has 0 spiro atoms. The van der Waals surface area contributed by atoms with Gasteiger partial charge in [0.05, 0.1) is 25.8 Å². The molecule has 2 aliphatic rings. The molecule has 0 aliphatic carbocycles. The average molecular weight is 360 g/mol. The molecular formula is C13H18ClN5O3S. The standard InChI is InChI=1S/C13H18ClN5O3S/c1-10-9-22-7-6-18(10)11-8-12(16-13(14)15-11)19-5-3-4-17(2)23(19,20)21/h3-4,8,10H,5-7,9H2,1-2H3/t10-/m1/s1. The van der Waals surface area contributed by atoms with E-state index in [0.29, 0.717) is 25.6 Å². The smallest absolute Gasteiger partial charge is 0.327 e. The zero-order valence-corrected chi connectivity index (χ0v) is 14.5. The topological polar surface area (TPSA) is 78.9 Å². The van der Waals surface area contributed by atoms with E-state index in [1.165, 1.54) is 17.6 Å². The predicted molar refractivity (Wildman–Crippen MR) is 87.8 cm³/mol. The second kappa shape index (κ2) is 6.14. The van der Waals surface area contributed by atoms with Gasteiger partial charge in [0.25, 0.3) is 0 Å². The van der Waals surface area contributed by atoms with Crippen molar-refractivity contribution in [3.8, 4) is 0 Å². The van der Waals surface area contributed by atoms with E-state index >= 15 is 0 Å². The van der Waals surface area contributed by atoms with E-state index < -0.39 is 10.2 Å². The number of rotatable bonds is 2. The van der Waals surface area contributed by atoms with E-state index in [2.05, 4.69) is 9.97 Å². The summed E-state index contributed by atoms with van der Waals surface area (Å²) in [5.74, 6) is 0.859. The van der Waals surface area contributed by atoms with Crippen LogP contribution in [0.3, 0.4) is 0 Å². The quantitative estimate of drug-likeness (QED) is 0.729. The molecule has 1 atom stereocenters. The maximum absolute atomic E-state index is 12.4. The van der Waals surface area contributed by atoms with E-state index in [0.717, 1.165) is 4.31 Å². The number of anilines is 2. The Bertz CT molecular complexity index is 726. The Hall–Kier alpha value is -1.58. The van der Waals surface area contributed by atoms with Crippen LogP contribution in [0, 0.1) is 0 Å². The Morgan fingerprint density at radius 1 is 1.35 bits per heavy atom. The fraction of sp³-hybridized carbons (Fsp3) is 0.538. The molecule has 0 unspecified atom stereocenters. The van der Waals surface area contributed by atoms with Gasteiger partial charge in [-0.1, -0.05) is 0 Å². The third kappa shape index (κ3) is 3.08. The van der Waals surface area contributed by atoms with Gasteiger partial charge in [-0.3, -0.25) is 4.31 Å². The second-order valence-electron chi connectivity index (χ2n) is 5.41. The predicted octanol–water partition coefficient (Wildman–Crippen LogP) is 0.865. The van der Waals surface area contributed by atoms with Crippen LogP contribution in [-0.4, -0.2) is 62.1 Å². The first-order valence-corrected chi connectivity index (χ1v) is 8.98. The first-order chi connectivity index (χ1) is 10.9. The molecule has 10 heteroatoms. The molecule has 126 valence electrons. The first kappa shape index (κ1) is 16.3. The number of hydrogen-bond donors (Lipinski definition) is 0. The van der Waals surface area contributed by atoms with Crippen molar-refractivity contribution in [1.82, 2.24) is 14.3 Å². The van der Waals surface area contributed by atoms with Gasteiger partial charge < -0.3 is 9.64 Å². The van der Waals surface area contributed by atoms with E-state index in [1.807, 2.05) is 11.8 Å². The summed E-state index contributed by atoms with van der Waals surface area (Å²) in [7, 11) is -2.17. The molecule has 0 bridgehead atoms. The summed E-state index contributed by atoms with van der Waals surface area (Å²) < 4.78 is 32.6. The molecule has 1 aromatic rings. The average Bonchev–Trinajstić information content (AvgIpc) is 2.49. The van der Waals surface area contributed by atoms with Gasteiger partial charge in [0.1, 0.15) is 5.82 Å². The third-order valence-electron chi connectivity index (χ3n) is 3.82. The van der Waals surface area contributed by atoms with Crippen LogP contribution in [0.4, 0.5) is 11.6 Å². The van der Waals surface area contributed by atoms with Crippen molar-refractivity contribution in [2.75, 3.05) is 42.6 Å². The molecule has 1 saturated heterocycles. The Labute approximate surface area is 140 Å². The third-order valence-corrected chi connectivity index (χ3v) is 5.73. The lowest BCUT2D eigenvalue weighted by Gasteiger charge is -2.35. The van der Waals surface area contributed by atoms with E-state index in [9.17, 15) is 8.42 Å². The van der Waals surface area contributed by atoms with Crippen LogP contribution in [0.1, 0.15) is 6.92 Å².